The number of halogens is 1. The Morgan fingerprint density at radius 1 is 1.05 bits per heavy atom. The number of amides is 1. The third-order valence-electron chi connectivity index (χ3n) is 9.30. The largest absolute Gasteiger partial charge is 0.493 e. The van der Waals surface area contributed by atoms with Crippen molar-refractivity contribution >= 4 is 11.9 Å². The number of rotatable bonds is 9. The highest BCUT2D eigenvalue weighted by Crippen LogP contribution is 2.46. The van der Waals surface area contributed by atoms with E-state index in [2.05, 4.69) is 66.5 Å². The molecule has 5 atom stereocenters. The van der Waals surface area contributed by atoms with Gasteiger partial charge in [-0.1, -0.05) is 61.6 Å². The van der Waals surface area contributed by atoms with Gasteiger partial charge in [0.15, 0.2) is 0 Å². The zero-order chi connectivity index (χ0) is 28.5. The second-order valence-electron chi connectivity index (χ2n) is 12.2. The van der Waals surface area contributed by atoms with Crippen LogP contribution >= 0.6 is 0 Å². The highest BCUT2D eigenvalue weighted by Gasteiger charge is 2.38. The molecule has 0 bridgehead atoms. The predicted octanol–water partition coefficient (Wildman–Crippen LogP) is 6.21. The lowest BCUT2D eigenvalue weighted by molar-refractivity contribution is -0.141. The molecule has 4 aliphatic rings. The highest BCUT2D eigenvalue weighted by atomic mass is 19.1. The van der Waals surface area contributed by atoms with Crippen LogP contribution in [0.3, 0.4) is 0 Å². The number of likely N-dealkylation sites (tertiary alicyclic amines) is 2. The van der Waals surface area contributed by atoms with E-state index in [9.17, 15) is 14.7 Å². The molecule has 2 aromatic rings. The number of hydrogen-bond acceptors (Lipinski definition) is 4. The maximum Gasteiger partial charge on any atom is 0.326 e. The van der Waals surface area contributed by atoms with E-state index in [1.54, 1.807) is 6.07 Å². The van der Waals surface area contributed by atoms with Crippen LogP contribution in [0, 0.1) is 23.6 Å². The van der Waals surface area contributed by atoms with Gasteiger partial charge in [-0.25, -0.2) is 9.18 Å². The SMILES string of the molecule is CC1C=CC=CC1C(c1ccccc1)N1CC[C@@H](COc2cc(F)c(C(=O)N3CCC[C@H]3C(=O)O)cc2C2CC2)C1. The molecule has 1 N–H and O–H groups in total. The van der Waals surface area contributed by atoms with E-state index >= 15 is 4.39 Å². The van der Waals surface area contributed by atoms with Crippen molar-refractivity contribution in [1.82, 2.24) is 9.80 Å². The molecule has 3 fully saturated rings. The van der Waals surface area contributed by atoms with E-state index in [1.165, 1.54) is 16.5 Å². The Bertz CT molecular complexity index is 1340. The Labute approximate surface area is 241 Å². The molecule has 1 amide bonds. The lowest BCUT2D eigenvalue weighted by Gasteiger charge is -2.37. The molecule has 7 heteroatoms. The van der Waals surface area contributed by atoms with E-state index < -0.39 is 23.7 Å². The van der Waals surface area contributed by atoms with E-state index in [4.69, 9.17) is 4.74 Å². The monoisotopic (exact) mass is 558 g/mol. The number of ether oxygens (including phenoxy) is 1. The summed E-state index contributed by atoms with van der Waals surface area (Å²) >= 11 is 0. The van der Waals surface area contributed by atoms with Crippen LogP contribution in [0.2, 0.25) is 0 Å². The number of carbonyl (C=O) groups is 2. The molecule has 41 heavy (non-hydrogen) atoms. The maximum absolute atomic E-state index is 15.3. The van der Waals surface area contributed by atoms with Crippen LogP contribution in [0.15, 0.2) is 66.8 Å². The highest BCUT2D eigenvalue weighted by molar-refractivity contribution is 5.97. The second-order valence-corrected chi connectivity index (χ2v) is 12.2. The van der Waals surface area contributed by atoms with Crippen molar-refractivity contribution in [3.63, 3.8) is 0 Å². The van der Waals surface area contributed by atoms with E-state index in [-0.39, 0.29) is 17.5 Å². The molecular weight excluding hydrogens is 519 g/mol. The van der Waals surface area contributed by atoms with Gasteiger partial charge in [-0.2, -0.15) is 0 Å². The third-order valence-corrected chi connectivity index (χ3v) is 9.30. The minimum absolute atomic E-state index is 0.0474. The molecule has 0 spiro atoms. The van der Waals surface area contributed by atoms with Crippen molar-refractivity contribution in [3.05, 3.63) is 89.3 Å². The Morgan fingerprint density at radius 2 is 1.83 bits per heavy atom. The summed E-state index contributed by atoms with van der Waals surface area (Å²) in [6.07, 6.45) is 12.9. The molecular formula is C34H39FN2O4. The number of carboxylic acid groups (broad SMARTS) is 1. The van der Waals surface area contributed by atoms with Crippen LogP contribution in [0.5, 0.6) is 5.75 Å². The fourth-order valence-electron chi connectivity index (χ4n) is 6.91. The van der Waals surface area contributed by atoms with Gasteiger partial charge >= 0.3 is 5.97 Å². The normalized spacial score (nSPS) is 26.8. The Morgan fingerprint density at radius 3 is 2.56 bits per heavy atom. The average molecular weight is 559 g/mol. The number of benzene rings is 2. The topological polar surface area (TPSA) is 70.1 Å². The summed E-state index contributed by atoms with van der Waals surface area (Å²) in [4.78, 5) is 28.7. The minimum atomic E-state index is -1.04. The van der Waals surface area contributed by atoms with Crippen LogP contribution in [-0.2, 0) is 4.79 Å². The molecule has 6 rings (SSSR count). The lowest BCUT2D eigenvalue weighted by Crippen LogP contribution is -2.40. The lowest BCUT2D eigenvalue weighted by atomic mass is 9.80. The summed E-state index contributed by atoms with van der Waals surface area (Å²) < 4.78 is 21.7. The van der Waals surface area contributed by atoms with E-state index in [0.29, 0.717) is 49.5 Å². The first-order valence-electron chi connectivity index (χ1n) is 15.0. The van der Waals surface area contributed by atoms with Crippen LogP contribution in [-0.4, -0.2) is 59.1 Å². The van der Waals surface area contributed by atoms with Crippen molar-refractivity contribution in [3.8, 4) is 5.75 Å². The first-order valence-corrected chi connectivity index (χ1v) is 15.0. The molecule has 0 radical (unpaired) electrons. The fourth-order valence-corrected chi connectivity index (χ4v) is 6.91. The molecule has 2 aromatic carbocycles. The fraction of sp³-hybridized carbons (Fsp3) is 0.471. The minimum Gasteiger partial charge on any atom is -0.493 e. The van der Waals surface area contributed by atoms with Gasteiger partial charge in [-0.15, -0.1) is 0 Å². The van der Waals surface area contributed by atoms with Crippen LogP contribution < -0.4 is 4.74 Å². The summed E-state index contributed by atoms with van der Waals surface area (Å²) in [6, 6.07) is 13.1. The summed E-state index contributed by atoms with van der Waals surface area (Å²) in [7, 11) is 0. The van der Waals surface area contributed by atoms with Gasteiger partial charge in [0.1, 0.15) is 17.6 Å². The zero-order valence-corrected chi connectivity index (χ0v) is 23.6. The summed E-state index contributed by atoms with van der Waals surface area (Å²) in [6.45, 7) is 4.99. The Hall–Kier alpha value is -3.45. The second kappa shape index (κ2) is 11.8. The number of nitrogens with zero attached hydrogens (tertiary/aromatic N) is 2. The predicted molar refractivity (Wildman–Crippen MR) is 155 cm³/mol. The van der Waals surface area contributed by atoms with Gasteiger partial charge < -0.3 is 14.7 Å². The number of aliphatic carboxylic acids is 1. The third kappa shape index (κ3) is 5.82. The maximum atomic E-state index is 15.3. The van der Waals surface area contributed by atoms with Crippen molar-refractivity contribution in [2.75, 3.05) is 26.2 Å². The van der Waals surface area contributed by atoms with Crippen molar-refractivity contribution < 1.29 is 23.8 Å². The Balaban J connectivity index is 1.16. The van der Waals surface area contributed by atoms with E-state index in [0.717, 1.165) is 37.9 Å². The molecule has 6 nitrogen and oxygen atoms in total. The van der Waals surface area contributed by atoms with Gasteiger partial charge in [0.2, 0.25) is 0 Å². The molecule has 216 valence electrons. The number of carboxylic acids is 1. The van der Waals surface area contributed by atoms with E-state index in [1.807, 2.05) is 0 Å². The van der Waals surface area contributed by atoms with Crippen LogP contribution in [0.25, 0.3) is 0 Å². The van der Waals surface area contributed by atoms with Gasteiger partial charge in [-0.3, -0.25) is 9.69 Å². The van der Waals surface area contributed by atoms with Gasteiger partial charge in [0.05, 0.1) is 12.2 Å². The van der Waals surface area contributed by atoms with Crippen molar-refractivity contribution in [2.24, 2.45) is 17.8 Å². The summed E-state index contributed by atoms with van der Waals surface area (Å²) in [5.74, 6) is -0.308. The molecule has 2 aliphatic carbocycles. The average Bonchev–Trinajstić information content (AvgIpc) is 3.50. The number of carbonyl (C=O) groups excluding carboxylic acids is 1. The van der Waals surface area contributed by atoms with Gasteiger partial charge in [-0.05, 0) is 67.7 Å². The van der Waals surface area contributed by atoms with Crippen molar-refractivity contribution in [2.45, 2.75) is 57.0 Å². The summed E-state index contributed by atoms with van der Waals surface area (Å²) in [5, 5.41) is 9.51. The Kier molecular flexibility index (Phi) is 7.98. The van der Waals surface area contributed by atoms with Gasteiger partial charge in [0.25, 0.3) is 5.91 Å². The molecule has 3 unspecified atom stereocenters. The number of hydrogen-bond donors (Lipinski definition) is 1. The van der Waals surface area contributed by atoms with Crippen LogP contribution in [0.4, 0.5) is 4.39 Å². The van der Waals surface area contributed by atoms with Gasteiger partial charge in [0, 0.05) is 37.0 Å². The summed E-state index contributed by atoms with van der Waals surface area (Å²) in [5.41, 5.74) is 2.15. The molecule has 1 saturated carbocycles. The molecule has 2 heterocycles. The van der Waals surface area contributed by atoms with Crippen LogP contribution in [0.1, 0.15) is 72.5 Å². The molecule has 2 saturated heterocycles. The first kappa shape index (κ1) is 27.7. The quantitative estimate of drug-likeness (QED) is 0.396. The first-order chi connectivity index (χ1) is 19.9. The molecule has 2 aliphatic heterocycles. The number of allylic oxidation sites excluding steroid dienone is 3. The molecule has 0 aromatic heterocycles. The standard InChI is InChI=1S/C34H39FN2O4/c1-22-8-5-6-11-26(22)32(25-9-3-2-4-10-25)36-17-15-23(20-36)21-41-31-19-29(35)28(18-27(31)24-13-14-24)33(38)37-16-7-12-30(37)34(39)40/h2-6,8-11,18-19,22-24,26,30,32H,7,12-17,20-21H2,1H3,(H,39,40)/t22?,23-,26?,30+,32?/m1/s1. The smallest absolute Gasteiger partial charge is 0.326 e. The van der Waals surface area contributed by atoms with Crippen molar-refractivity contribution in [1.29, 1.82) is 0 Å². The zero-order valence-electron chi connectivity index (χ0n) is 23.6.